The second kappa shape index (κ2) is 5.56. The second-order valence-electron chi connectivity index (χ2n) is 3.37. The van der Waals surface area contributed by atoms with Gasteiger partial charge >= 0.3 is 5.97 Å². The molecule has 0 radical (unpaired) electrons. The molecule has 1 aromatic rings. The van der Waals surface area contributed by atoms with Crippen LogP contribution in [0.5, 0.6) is 0 Å². The van der Waals surface area contributed by atoms with Crippen LogP contribution < -0.4 is 10.5 Å². The van der Waals surface area contributed by atoms with E-state index in [1.165, 1.54) is 18.3 Å². The third kappa shape index (κ3) is 3.79. The Labute approximate surface area is 103 Å². The summed E-state index contributed by atoms with van der Waals surface area (Å²) in [6.45, 7) is 0. The van der Waals surface area contributed by atoms with Crippen molar-refractivity contribution in [3.63, 3.8) is 0 Å². The Morgan fingerprint density at radius 3 is 2.61 bits per heavy atom. The highest BCUT2D eigenvalue weighted by Crippen LogP contribution is 2.07. The summed E-state index contributed by atoms with van der Waals surface area (Å²) in [5, 5.41) is 8.78. The molecule has 0 unspecified atom stereocenters. The van der Waals surface area contributed by atoms with Crippen molar-refractivity contribution in [2.45, 2.75) is 17.4 Å². The quantitative estimate of drug-likeness (QED) is 0.588. The van der Waals surface area contributed by atoms with Crippen LogP contribution in [0, 0.1) is 0 Å². The largest absolute Gasteiger partial charge is 0.480 e. The van der Waals surface area contributed by atoms with Gasteiger partial charge in [0.25, 0.3) is 0 Å². The molecule has 0 aliphatic heterocycles. The standard InChI is InChI=1S/C9H11N3O5S/c10-8(13)4-7(9(14)15)12-18(16,17)6-2-1-3-11-5-6/h1-3,5,7,12H,4H2,(H2,10,13)(H,14,15)/t7-/m0/s1. The van der Waals surface area contributed by atoms with E-state index in [4.69, 9.17) is 10.8 Å². The molecule has 0 aliphatic rings. The number of carbonyl (C=O) groups is 2. The average Bonchev–Trinajstić information content (AvgIpc) is 2.28. The summed E-state index contributed by atoms with van der Waals surface area (Å²) in [4.78, 5) is 24.9. The molecule has 1 amide bonds. The number of hydrogen-bond donors (Lipinski definition) is 3. The molecule has 0 aromatic carbocycles. The van der Waals surface area contributed by atoms with Gasteiger partial charge in [-0.2, -0.15) is 4.72 Å². The molecule has 0 saturated heterocycles. The topological polar surface area (TPSA) is 139 Å². The molecular weight excluding hydrogens is 262 g/mol. The van der Waals surface area contributed by atoms with Gasteiger partial charge in [-0.05, 0) is 12.1 Å². The van der Waals surface area contributed by atoms with Crippen molar-refractivity contribution in [3.05, 3.63) is 24.5 Å². The molecular formula is C9H11N3O5S. The van der Waals surface area contributed by atoms with E-state index in [0.29, 0.717) is 0 Å². The number of hydrogen-bond acceptors (Lipinski definition) is 5. The molecule has 1 rings (SSSR count). The molecule has 1 atom stereocenters. The Balaban J connectivity index is 2.93. The number of carboxylic acids is 1. The van der Waals surface area contributed by atoms with Crippen LogP contribution in [0.2, 0.25) is 0 Å². The van der Waals surface area contributed by atoms with Crippen LogP contribution >= 0.6 is 0 Å². The number of amides is 1. The van der Waals surface area contributed by atoms with E-state index in [-0.39, 0.29) is 4.90 Å². The first-order valence-electron chi connectivity index (χ1n) is 4.76. The van der Waals surface area contributed by atoms with E-state index >= 15 is 0 Å². The van der Waals surface area contributed by atoms with Gasteiger partial charge in [0.15, 0.2) is 0 Å². The molecule has 1 aromatic heterocycles. The number of aliphatic carboxylic acids is 1. The predicted octanol–water partition coefficient (Wildman–Crippen LogP) is -1.31. The van der Waals surface area contributed by atoms with Gasteiger partial charge in [-0.15, -0.1) is 0 Å². The second-order valence-corrected chi connectivity index (χ2v) is 5.09. The lowest BCUT2D eigenvalue weighted by Gasteiger charge is -2.12. The molecule has 0 aliphatic carbocycles. The zero-order valence-corrected chi connectivity index (χ0v) is 9.92. The van der Waals surface area contributed by atoms with E-state index in [1.807, 2.05) is 4.72 Å². The number of carboxylic acid groups (broad SMARTS) is 1. The molecule has 0 saturated carbocycles. The van der Waals surface area contributed by atoms with Gasteiger partial charge < -0.3 is 10.8 Å². The number of aromatic nitrogens is 1. The SMILES string of the molecule is NC(=O)C[C@H](NS(=O)(=O)c1cccnc1)C(=O)O. The van der Waals surface area contributed by atoms with Gasteiger partial charge in [-0.25, -0.2) is 8.42 Å². The van der Waals surface area contributed by atoms with E-state index in [0.717, 1.165) is 6.20 Å². The Morgan fingerprint density at radius 2 is 2.17 bits per heavy atom. The maximum Gasteiger partial charge on any atom is 0.322 e. The number of sulfonamides is 1. The van der Waals surface area contributed by atoms with E-state index < -0.39 is 34.4 Å². The first kappa shape index (κ1) is 14.1. The molecule has 0 spiro atoms. The number of rotatable bonds is 6. The summed E-state index contributed by atoms with van der Waals surface area (Å²) in [7, 11) is -4.05. The Hall–Kier alpha value is -2.00. The lowest BCUT2D eigenvalue weighted by Crippen LogP contribution is -2.43. The van der Waals surface area contributed by atoms with Crippen LogP contribution in [0.15, 0.2) is 29.4 Å². The minimum absolute atomic E-state index is 0.194. The van der Waals surface area contributed by atoms with Crippen molar-refractivity contribution in [2.75, 3.05) is 0 Å². The van der Waals surface area contributed by atoms with Gasteiger partial charge in [-0.3, -0.25) is 14.6 Å². The lowest BCUT2D eigenvalue weighted by atomic mass is 10.2. The number of pyridine rings is 1. The smallest absolute Gasteiger partial charge is 0.322 e. The maximum atomic E-state index is 11.8. The minimum atomic E-state index is -4.05. The molecule has 9 heteroatoms. The van der Waals surface area contributed by atoms with E-state index in [9.17, 15) is 18.0 Å². The summed E-state index contributed by atoms with van der Waals surface area (Å²) < 4.78 is 25.4. The molecule has 18 heavy (non-hydrogen) atoms. The summed E-state index contributed by atoms with van der Waals surface area (Å²) in [5.74, 6) is -2.41. The van der Waals surface area contributed by atoms with Gasteiger partial charge in [0.2, 0.25) is 15.9 Å². The fourth-order valence-electron chi connectivity index (χ4n) is 1.14. The first-order valence-corrected chi connectivity index (χ1v) is 6.24. The molecule has 0 bridgehead atoms. The average molecular weight is 273 g/mol. The van der Waals surface area contributed by atoms with E-state index in [1.54, 1.807) is 0 Å². The monoisotopic (exact) mass is 273 g/mol. The number of primary amides is 1. The third-order valence-corrected chi connectivity index (χ3v) is 3.40. The number of nitrogens with one attached hydrogen (secondary N) is 1. The Bertz CT molecular complexity index is 543. The molecule has 98 valence electrons. The molecule has 8 nitrogen and oxygen atoms in total. The summed E-state index contributed by atoms with van der Waals surface area (Å²) in [5.41, 5.74) is 4.84. The first-order chi connectivity index (χ1) is 8.33. The lowest BCUT2D eigenvalue weighted by molar-refractivity contribution is -0.140. The number of carbonyl (C=O) groups excluding carboxylic acids is 1. The van der Waals surface area contributed by atoms with Crippen LogP contribution in [0.3, 0.4) is 0 Å². The van der Waals surface area contributed by atoms with Crippen molar-refractivity contribution >= 4 is 21.9 Å². The maximum absolute atomic E-state index is 11.8. The van der Waals surface area contributed by atoms with Crippen molar-refractivity contribution < 1.29 is 23.1 Å². The van der Waals surface area contributed by atoms with Crippen LogP contribution in [-0.2, 0) is 19.6 Å². The van der Waals surface area contributed by atoms with Gasteiger partial charge in [0.1, 0.15) is 10.9 Å². The van der Waals surface area contributed by atoms with Crippen molar-refractivity contribution in [2.24, 2.45) is 5.73 Å². The zero-order chi connectivity index (χ0) is 13.8. The zero-order valence-electron chi connectivity index (χ0n) is 9.11. The van der Waals surface area contributed by atoms with Crippen molar-refractivity contribution in [1.82, 2.24) is 9.71 Å². The van der Waals surface area contributed by atoms with Crippen LogP contribution in [0.4, 0.5) is 0 Å². The fraction of sp³-hybridized carbons (Fsp3) is 0.222. The van der Waals surface area contributed by atoms with Crippen LogP contribution in [0.25, 0.3) is 0 Å². The van der Waals surface area contributed by atoms with Gasteiger partial charge in [0.05, 0.1) is 6.42 Å². The van der Waals surface area contributed by atoms with Gasteiger partial charge in [0, 0.05) is 12.4 Å². The van der Waals surface area contributed by atoms with Crippen LogP contribution in [-0.4, -0.2) is 36.4 Å². The summed E-state index contributed by atoms with van der Waals surface area (Å²) in [6.07, 6.45) is 1.80. The van der Waals surface area contributed by atoms with Crippen molar-refractivity contribution in [3.8, 4) is 0 Å². The number of nitrogens with zero attached hydrogens (tertiary/aromatic N) is 1. The van der Waals surface area contributed by atoms with Gasteiger partial charge in [-0.1, -0.05) is 0 Å². The third-order valence-electron chi connectivity index (χ3n) is 1.95. The Morgan fingerprint density at radius 1 is 1.50 bits per heavy atom. The highest BCUT2D eigenvalue weighted by molar-refractivity contribution is 7.89. The highest BCUT2D eigenvalue weighted by Gasteiger charge is 2.26. The normalized spacial score (nSPS) is 12.9. The number of nitrogens with two attached hydrogens (primary N) is 1. The minimum Gasteiger partial charge on any atom is -0.480 e. The predicted molar refractivity (Wildman–Crippen MR) is 59.8 cm³/mol. The molecule has 0 fully saturated rings. The Kier molecular flexibility index (Phi) is 4.34. The summed E-state index contributed by atoms with van der Waals surface area (Å²) in [6, 6.07) is 1.03. The van der Waals surface area contributed by atoms with Crippen LogP contribution in [0.1, 0.15) is 6.42 Å². The van der Waals surface area contributed by atoms with E-state index in [2.05, 4.69) is 4.98 Å². The molecule has 1 heterocycles. The summed E-state index contributed by atoms with van der Waals surface area (Å²) >= 11 is 0. The van der Waals surface area contributed by atoms with Crippen molar-refractivity contribution in [1.29, 1.82) is 0 Å². The molecule has 4 N–H and O–H groups in total. The fourth-order valence-corrected chi connectivity index (χ4v) is 2.29. The highest BCUT2D eigenvalue weighted by atomic mass is 32.2.